The summed E-state index contributed by atoms with van der Waals surface area (Å²) in [5, 5.41) is 0. The highest BCUT2D eigenvalue weighted by Gasteiger charge is 2.21. The topological polar surface area (TPSA) is 112 Å². The first-order chi connectivity index (χ1) is 8.00. The van der Waals surface area contributed by atoms with Crippen LogP contribution in [0.25, 0.3) is 0 Å². The molecule has 6 heteroatoms. The van der Waals surface area contributed by atoms with Gasteiger partial charge in [0.05, 0.1) is 12.0 Å². The van der Waals surface area contributed by atoms with Gasteiger partial charge in [-0.2, -0.15) is 0 Å². The van der Waals surface area contributed by atoms with Crippen LogP contribution in [0.3, 0.4) is 0 Å². The van der Waals surface area contributed by atoms with E-state index in [9.17, 15) is 14.4 Å². The maximum absolute atomic E-state index is 11.4. The molecule has 4 N–H and O–H groups in total. The highest BCUT2D eigenvalue weighted by Crippen LogP contribution is 2.02. The van der Waals surface area contributed by atoms with Crippen LogP contribution in [0.5, 0.6) is 0 Å². The molecule has 1 amide bonds. The number of hydrogen-bond donors (Lipinski definition) is 2. The number of benzene rings is 1. The molecule has 0 aromatic heterocycles. The molecule has 0 unspecified atom stereocenters. The Morgan fingerprint density at radius 1 is 1.18 bits per heavy atom. The zero-order chi connectivity index (χ0) is 12.8. The maximum Gasteiger partial charge on any atom is 0.345 e. The fourth-order valence-corrected chi connectivity index (χ4v) is 1.10. The predicted molar refractivity (Wildman–Crippen MR) is 58.7 cm³/mol. The molecule has 1 aromatic rings. The highest BCUT2D eigenvalue weighted by molar-refractivity contribution is 5.98. The molecule has 17 heavy (non-hydrogen) atoms. The molecule has 0 aliphatic heterocycles. The molecular weight excluding hydrogens is 224 g/mol. The molecule has 0 aliphatic carbocycles. The van der Waals surface area contributed by atoms with Gasteiger partial charge in [0, 0.05) is 0 Å². The molecule has 0 fully saturated rings. The van der Waals surface area contributed by atoms with E-state index in [0.717, 1.165) is 0 Å². The quantitative estimate of drug-likeness (QED) is 0.544. The van der Waals surface area contributed by atoms with Crippen LogP contribution in [-0.2, 0) is 14.3 Å². The maximum atomic E-state index is 11.4. The fraction of sp³-hybridized carbons (Fsp3) is 0.182. The summed E-state index contributed by atoms with van der Waals surface area (Å²) >= 11 is 0. The Kier molecular flexibility index (Phi) is 4.36. The molecule has 0 spiro atoms. The Labute approximate surface area is 97.5 Å². The molecule has 0 bridgehead atoms. The van der Waals surface area contributed by atoms with Crippen molar-refractivity contribution in [2.75, 3.05) is 0 Å². The molecule has 0 saturated heterocycles. The van der Waals surface area contributed by atoms with Gasteiger partial charge in [-0.05, 0) is 12.1 Å². The van der Waals surface area contributed by atoms with Crippen molar-refractivity contribution in [3.8, 4) is 0 Å². The molecule has 1 aromatic carbocycles. The number of carbonyl (C=O) groups excluding carboxylic acids is 3. The number of primary amides is 1. The monoisotopic (exact) mass is 236 g/mol. The summed E-state index contributed by atoms with van der Waals surface area (Å²) < 4.78 is 4.49. The minimum Gasteiger partial charge on any atom is -0.388 e. The van der Waals surface area contributed by atoms with Crippen molar-refractivity contribution >= 4 is 17.8 Å². The number of rotatable bonds is 4. The van der Waals surface area contributed by atoms with E-state index in [-0.39, 0.29) is 12.0 Å². The average Bonchev–Trinajstić information content (AvgIpc) is 2.29. The lowest BCUT2D eigenvalue weighted by atomic mass is 10.2. The normalized spacial score (nSPS) is 11.6. The van der Waals surface area contributed by atoms with Gasteiger partial charge in [-0.1, -0.05) is 18.2 Å². The van der Waals surface area contributed by atoms with E-state index in [0.29, 0.717) is 0 Å². The SMILES string of the molecule is NC(=O)C[C@@H](N)C(=O)OC(=O)c1ccccc1. The number of nitrogens with two attached hydrogens (primary N) is 2. The van der Waals surface area contributed by atoms with Gasteiger partial charge in [-0.15, -0.1) is 0 Å². The van der Waals surface area contributed by atoms with Crippen molar-refractivity contribution in [3.63, 3.8) is 0 Å². The van der Waals surface area contributed by atoms with Gasteiger partial charge in [0.2, 0.25) is 5.91 Å². The lowest BCUT2D eigenvalue weighted by Gasteiger charge is -2.08. The zero-order valence-electron chi connectivity index (χ0n) is 8.96. The third kappa shape index (κ3) is 4.04. The van der Waals surface area contributed by atoms with E-state index in [4.69, 9.17) is 11.5 Å². The van der Waals surface area contributed by atoms with Crippen LogP contribution < -0.4 is 11.5 Å². The molecule has 0 radical (unpaired) electrons. The van der Waals surface area contributed by atoms with E-state index < -0.39 is 23.9 Å². The molecule has 0 aliphatic rings. The van der Waals surface area contributed by atoms with Gasteiger partial charge >= 0.3 is 11.9 Å². The summed E-state index contributed by atoms with van der Waals surface area (Å²) in [7, 11) is 0. The third-order valence-electron chi connectivity index (χ3n) is 1.93. The first kappa shape index (κ1) is 12.9. The summed E-state index contributed by atoms with van der Waals surface area (Å²) in [4.78, 5) is 33.2. The molecule has 0 saturated carbocycles. The standard InChI is InChI=1S/C11H12N2O4/c12-8(6-9(13)14)11(16)17-10(15)7-4-2-1-3-5-7/h1-5,8H,6,12H2,(H2,13,14)/t8-/m1/s1. The van der Waals surface area contributed by atoms with E-state index >= 15 is 0 Å². The molecular formula is C11H12N2O4. The fourth-order valence-electron chi connectivity index (χ4n) is 1.10. The van der Waals surface area contributed by atoms with Gasteiger partial charge in [-0.3, -0.25) is 4.79 Å². The minimum atomic E-state index is -1.22. The summed E-state index contributed by atoms with van der Waals surface area (Å²) in [6.07, 6.45) is -0.360. The van der Waals surface area contributed by atoms with Crippen molar-refractivity contribution in [1.82, 2.24) is 0 Å². The summed E-state index contributed by atoms with van der Waals surface area (Å²) in [5.74, 6) is -2.52. The van der Waals surface area contributed by atoms with Crippen LogP contribution in [0.1, 0.15) is 16.8 Å². The van der Waals surface area contributed by atoms with Gasteiger partial charge < -0.3 is 16.2 Å². The first-order valence-electron chi connectivity index (χ1n) is 4.85. The predicted octanol–water partition coefficient (Wildman–Crippen LogP) is -0.427. The van der Waals surface area contributed by atoms with Crippen LogP contribution in [0.2, 0.25) is 0 Å². The van der Waals surface area contributed by atoms with Crippen molar-refractivity contribution in [2.45, 2.75) is 12.5 Å². The van der Waals surface area contributed by atoms with Gasteiger partial charge in [0.15, 0.2) is 0 Å². The molecule has 6 nitrogen and oxygen atoms in total. The van der Waals surface area contributed by atoms with Crippen molar-refractivity contribution in [3.05, 3.63) is 35.9 Å². The zero-order valence-corrected chi connectivity index (χ0v) is 8.96. The highest BCUT2D eigenvalue weighted by atomic mass is 16.6. The van der Waals surface area contributed by atoms with E-state index in [1.807, 2.05) is 0 Å². The van der Waals surface area contributed by atoms with Gasteiger partial charge in [-0.25, -0.2) is 9.59 Å². The summed E-state index contributed by atoms with van der Waals surface area (Å²) in [6, 6.07) is 6.75. The first-order valence-corrected chi connectivity index (χ1v) is 4.85. The van der Waals surface area contributed by atoms with Crippen LogP contribution in [0, 0.1) is 0 Å². The second-order valence-corrected chi connectivity index (χ2v) is 3.35. The molecule has 1 atom stereocenters. The van der Waals surface area contributed by atoms with Gasteiger partial charge in [0.1, 0.15) is 6.04 Å². The minimum absolute atomic E-state index is 0.229. The number of hydrogen-bond acceptors (Lipinski definition) is 5. The Hall–Kier alpha value is -2.21. The Bertz CT molecular complexity index is 430. The van der Waals surface area contributed by atoms with Crippen LogP contribution in [0.15, 0.2) is 30.3 Å². The lowest BCUT2D eigenvalue weighted by molar-refractivity contribution is -0.141. The van der Waals surface area contributed by atoms with Crippen LogP contribution >= 0.6 is 0 Å². The lowest BCUT2D eigenvalue weighted by Crippen LogP contribution is -2.37. The van der Waals surface area contributed by atoms with E-state index in [1.165, 1.54) is 12.1 Å². The molecule has 1 rings (SSSR count). The largest absolute Gasteiger partial charge is 0.388 e. The average molecular weight is 236 g/mol. The Balaban J connectivity index is 2.58. The third-order valence-corrected chi connectivity index (χ3v) is 1.93. The summed E-state index contributed by atoms with van der Waals surface area (Å²) in [5.41, 5.74) is 10.4. The second kappa shape index (κ2) is 5.76. The number of ether oxygens (including phenoxy) is 1. The van der Waals surface area contributed by atoms with Gasteiger partial charge in [0.25, 0.3) is 0 Å². The molecule has 90 valence electrons. The summed E-state index contributed by atoms with van der Waals surface area (Å²) in [6.45, 7) is 0. The molecule has 0 heterocycles. The van der Waals surface area contributed by atoms with Crippen molar-refractivity contribution < 1.29 is 19.1 Å². The number of amides is 1. The van der Waals surface area contributed by atoms with Crippen molar-refractivity contribution in [2.24, 2.45) is 11.5 Å². The number of esters is 2. The Morgan fingerprint density at radius 3 is 2.29 bits per heavy atom. The van der Waals surface area contributed by atoms with E-state index in [2.05, 4.69) is 4.74 Å². The number of carbonyl (C=O) groups is 3. The van der Waals surface area contributed by atoms with Crippen molar-refractivity contribution in [1.29, 1.82) is 0 Å². The van der Waals surface area contributed by atoms with E-state index in [1.54, 1.807) is 18.2 Å². The Morgan fingerprint density at radius 2 is 1.76 bits per heavy atom. The second-order valence-electron chi connectivity index (χ2n) is 3.35. The smallest absolute Gasteiger partial charge is 0.345 e. The van der Waals surface area contributed by atoms with Crippen LogP contribution in [-0.4, -0.2) is 23.9 Å². The van der Waals surface area contributed by atoms with Crippen LogP contribution in [0.4, 0.5) is 0 Å².